The lowest BCUT2D eigenvalue weighted by Gasteiger charge is -2.12. The molecule has 0 aliphatic rings. The highest BCUT2D eigenvalue weighted by atomic mass is 32.1. The Morgan fingerprint density at radius 2 is 1.17 bits per heavy atom. The molecule has 0 unspecified atom stereocenters. The van der Waals surface area contributed by atoms with Crippen molar-refractivity contribution in [1.82, 2.24) is 14.5 Å². The van der Waals surface area contributed by atoms with Crippen molar-refractivity contribution >= 4 is 96.9 Å². The van der Waals surface area contributed by atoms with Crippen molar-refractivity contribution in [2.45, 2.75) is 0 Å². The fourth-order valence-electron chi connectivity index (χ4n) is 8.25. The molecule has 0 amide bonds. The standard InChI is InChI=1S/C48H27N3OS/c1-2-10-28(11-3-1)29-18-19-31-25-33(21-20-30(31)24-29)47-49-44-37-14-6-9-17-43(37)53-46(44)48(50-47)51-40-15-7-4-12-34(40)39-26-32-22-23-36-35-13-5-8-16-42(35)52-45(36)38(32)27-41(39)51/h1-27H. The fourth-order valence-corrected chi connectivity index (χ4v) is 9.37. The van der Waals surface area contributed by atoms with Crippen molar-refractivity contribution < 1.29 is 4.42 Å². The summed E-state index contributed by atoms with van der Waals surface area (Å²) in [7, 11) is 0. The second-order valence-corrected chi connectivity index (χ2v) is 14.8. The summed E-state index contributed by atoms with van der Waals surface area (Å²) in [5.74, 6) is 1.59. The monoisotopic (exact) mass is 693 g/mol. The van der Waals surface area contributed by atoms with Crippen LogP contribution in [0.25, 0.3) is 114 Å². The number of para-hydroxylation sites is 2. The summed E-state index contributed by atoms with van der Waals surface area (Å²) in [6.45, 7) is 0. The topological polar surface area (TPSA) is 43.9 Å². The van der Waals surface area contributed by atoms with Crippen LogP contribution in [0, 0.1) is 0 Å². The van der Waals surface area contributed by atoms with Crippen LogP contribution in [0.15, 0.2) is 168 Å². The number of nitrogens with zero attached hydrogens (tertiary/aromatic N) is 3. The zero-order valence-electron chi connectivity index (χ0n) is 28.2. The Kier molecular flexibility index (Phi) is 5.90. The van der Waals surface area contributed by atoms with Gasteiger partial charge in [-0.15, -0.1) is 11.3 Å². The highest BCUT2D eigenvalue weighted by Crippen LogP contribution is 2.43. The second kappa shape index (κ2) is 10.8. The average Bonchev–Trinajstić information content (AvgIpc) is 3.89. The lowest BCUT2D eigenvalue weighted by molar-refractivity contribution is 0.672. The Morgan fingerprint density at radius 3 is 2.06 bits per heavy atom. The van der Waals surface area contributed by atoms with E-state index in [9.17, 15) is 0 Å². The number of furan rings is 1. The maximum atomic E-state index is 6.56. The molecule has 4 nitrogen and oxygen atoms in total. The summed E-state index contributed by atoms with van der Waals surface area (Å²) < 4.78 is 11.2. The highest BCUT2D eigenvalue weighted by molar-refractivity contribution is 7.26. The first-order valence-corrected chi connectivity index (χ1v) is 18.6. The molecule has 0 N–H and O–H groups in total. The molecular weight excluding hydrogens is 667 g/mol. The molecule has 0 saturated heterocycles. The predicted octanol–water partition coefficient (Wildman–Crippen LogP) is 13.5. The van der Waals surface area contributed by atoms with E-state index in [1.807, 2.05) is 12.1 Å². The van der Waals surface area contributed by atoms with Crippen LogP contribution in [0.2, 0.25) is 0 Å². The van der Waals surface area contributed by atoms with E-state index < -0.39 is 0 Å². The van der Waals surface area contributed by atoms with Crippen LogP contribution in [0.4, 0.5) is 0 Å². The zero-order chi connectivity index (χ0) is 34.6. The molecule has 0 radical (unpaired) electrons. The molecule has 4 heterocycles. The number of thiophene rings is 1. The molecule has 0 aliphatic heterocycles. The van der Waals surface area contributed by atoms with Gasteiger partial charge in [-0.1, -0.05) is 115 Å². The summed E-state index contributed by atoms with van der Waals surface area (Å²) >= 11 is 1.75. The molecule has 0 fully saturated rings. The van der Waals surface area contributed by atoms with E-state index in [2.05, 4.69) is 156 Å². The first-order chi connectivity index (χ1) is 26.2. The van der Waals surface area contributed by atoms with E-state index in [0.29, 0.717) is 5.82 Å². The Hall–Kier alpha value is -6.82. The van der Waals surface area contributed by atoms with E-state index in [4.69, 9.17) is 14.4 Å². The van der Waals surface area contributed by atoms with Gasteiger partial charge in [-0.3, -0.25) is 4.57 Å². The quantitative estimate of drug-likeness (QED) is 0.185. The van der Waals surface area contributed by atoms with Crippen molar-refractivity contribution in [2.75, 3.05) is 0 Å². The lowest BCUT2D eigenvalue weighted by atomic mass is 10.00. The molecular formula is C48H27N3OS. The first kappa shape index (κ1) is 28.8. The van der Waals surface area contributed by atoms with Gasteiger partial charge >= 0.3 is 0 Å². The number of rotatable bonds is 3. The predicted molar refractivity (Wildman–Crippen MR) is 222 cm³/mol. The number of hydrogen-bond acceptors (Lipinski definition) is 4. The van der Waals surface area contributed by atoms with Gasteiger partial charge in [-0.05, 0) is 75.8 Å². The van der Waals surface area contributed by atoms with Crippen LogP contribution >= 0.6 is 11.3 Å². The molecule has 8 aromatic carbocycles. The van der Waals surface area contributed by atoms with Gasteiger partial charge in [0.2, 0.25) is 0 Å². The van der Waals surface area contributed by atoms with Crippen LogP contribution in [0.5, 0.6) is 0 Å². The van der Waals surface area contributed by atoms with Gasteiger partial charge in [0, 0.05) is 42.6 Å². The van der Waals surface area contributed by atoms with Gasteiger partial charge in [0.25, 0.3) is 0 Å². The third-order valence-electron chi connectivity index (χ3n) is 10.8. The molecule has 0 spiro atoms. The first-order valence-electron chi connectivity index (χ1n) is 17.8. The van der Waals surface area contributed by atoms with E-state index in [0.717, 1.165) is 76.1 Å². The molecule has 0 bridgehead atoms. The molecule has 0 aliphatic carbocycles. The molecule has 246 valence electrons. The van der Waals surface area contributed by atoms with Gasteiger partial charge in [-0.25, -0.2) is 9.97 Å². The number of aromatic nitrogens is 3. The zero-order valence-corrected chi connectivity index (χ0v) is 29.1. The van der Waals surface area contributed by atoms with Crippen LogP contribution in [0.1, 0.15) is 0 Å². The lowest BCUT2D eigenvalue weighted by Crippen LogP contribution is -2.01. The summed E-state index contributed by atoms with van der Waals surface area (Å²) in [6, 6.07) is 58.3. The van der Waals surface area contributed by atoms with Crippen LogP contribution in [-0.4, -0.2) is 14.5 Å². The van der Waals surface area contributed by atoms with Crippen molar-refractivity contribution in [3.05, 3.63) is 164 Å². The van der Waals surface area contributed by atoms with Crippen molar-refractivity contribution in [2.24, 2.45) is 0 Å². The summed E-state index contributed by atoms with van der Waals surface area (Å²) in [6.07, 6.45) is 0. The minimum Gasteiger partial charge on any atom is -0.455 e. The van der Waals surface area contributed by atoms with E-state index in [1.54, 1.807) is 11.3 Å². The van der Waals surface area contributed by atoms with Gasteiger partial charge in [-0.2, -0.15) is 0 Å². The Balaban J connectivity index is 1.15. The highest BCUT2D eigenvalue weighted by Gasteiger charge is 2.22. The summed E-state index contributed by atoms with van der Waals surface area (Å²) in [4.78, 5) is 10.8. The fraction of sp³-hybridized carbons (Fsp3) is 0. The van der Waals surface area contributed by atoms with Crippen molar-refractivity contribution in [3.8, 4) is 28.3 Å². The van der Waals surface area contributed by atoms with Gasteiger partial charge in [0.05, 0.1) is 21.3 Å². The minimum absolute atomic E-state index is 0.705. The maximum Gasteiger partial charge on any atom is 0.162 e. The molecule has 0 saturated carbocycles. The minimum atomic E-state index is 0.705. The summed E-state index contributed by atoms with van der Waals surface area (Å²) in [5.41, 5.74) is 8.36. The van der Waals surface area contributed by atoms with Crippen LogP contribution in [0.3, 0.4) is 0 Å². The molecule has 0 atom stereocenters. The van der Waals surface area contributed by atoms with Crippen LogP contribution < -0.4 is 0 Å². The smallest absolute Gasteiger partial charge is 0.162 e. The molecule has 5 heteroatoms. The average molecular weight is 694 g/mol. The Morgan fingerprint density at radius 1 is 0.453 bits per heavy atom. The summed E-state index contributed by atoms with van der Waals surface area (Å²) in [5, 5.41) is 10.3. The van der Waals surface area contributed by atoms with E-state index in [1.165, 1.54) is 32.0 Å². The third-order valence-corrected chi connectivity index (χ3v) is 11.9. The number of hydrogen-bond donors (Lipinski definition) is 0. The van der Waals surface area contributed by atoms with Crippen molar-refractivity contribution in [1.29, 1.82) is 0 Å². The number of benzene rings is 8. The largest absolute Gasteiger partial charge is 0.455 e. The molecule has 12 aromatic rings. The van der Waals surface area contributed by atoms with E-state index >= 15 is 0 Å². The SMILES string of the molecule is c1ccc(-c2ccc3cc(-c4nc(-n5c6ccccc6c6cc7ccc8c9ccccc9oc8c7cc65)c5sc6ccccc6c5n4)ccc3c2)cc1. The van der Waals surface area contributed by atoms with Gasteiger partial charge in [0.15, 0.2) is 11.6 Å². The normalized spacial score (nSPS) is 12.2. The van der Waals surface area contributed by atoms with Gasteiger partial charge < -0.3 is 4.42 Å². The molecule has 53 heavy (non-hydrogen) atoms. The third kappa shape index (κ3) is 4.23. The molecule has 4 aromatic heterocycles. The Labute approximate surface area is 306 Å². The van der Waals surface area contributed by atoms with Crippen LogP contribution in [-0.2, 0) is 0 Å². The van der Waals surface area contributed by atoms with Crippen molar-refractivity contribution in [3.63, 3.8) is 0 Å². The second-order valence-electron chi connectivity index (χ2n) is 13.8. The van der Waals surface area contributed by atoms with Gasteiger partial charge in [0.1, 0.15) is 11.2 Å². The van der Waals surface area contributed by atoms with E-state index in [-0.39, 0.29) is 0 Å². The molecule has 12 rings (SSSR count). The number of fused-ring (bicyclic) bond motifs is 12. The maximum absolute atomic E-state index is 6.56. The Bertz CT molecular complexity index is 3460.